The van der Waals surface area contributed by atoms with E-state index in [2.05, 4.69) is 6.07 Å². The van der Waals surface area contributed by atoms with Crippen molar-refractivity contribution in [3.8, 4) is 17.6 Å². The van der Waals surface area contributed by atoms with Crippen LogP contribution < -0.4 is 9.47 Å². The van der Waals surface area contributed by atoms with Crippen LogP contribution in [0.15, 0.2) is 42.5 Å². The molecule has 0 aliphatic heterocycles. The summed E-state index contributed by atoms with van der Waals surface area (Å²) in [5.74, 6) is -0.872. The fourth-order valence-electron chi connectivity index (χ4n) is 2.20. The second-order valence-electron chi connectivity index (χ2n) is 5.02. The molecule has 0 spiro atoms. The van der Waals surface area contributed by atoms with Gasteiger partial charge in [0.25, 0.3) is 0 Å². The summed E-state index contributed by atoms with van der Waals surface area (Å²) in [6, 6.07) is 12.8. The number of nitrogens with zero attached hydrogens (tertiary/aromatic N) is 1. The second kappa shape index (κ2) is 8.14. The highest BCUT2D eigenvalue weighted by atomic mass is 19.1. The van der Waals surface area contributed by atoms with E-state index in [9.17, 15) is 14.0 Å². The van der Waals surface area contributed by atoms with Crippen molar-refractivity contribution in [3.63, 3.8) is 0 Å². The van der Waals surface area contributed by atoms with Crippen LogP contribution in [0.25, 0.3) is 0 Å². The molecule has 2 aromatic carbocycles. The predicted molar refractivity (Wildman–Crippen MR) is 82.4 cm³/mol. The molecule has 0 bridgehead atoms. The Morgan fingerprint density at radius 2 is 1.87 bits per heavy atom. The Balaban J connectivity index is 1.85. The van der Waals surface area contributed by atoms with Gasteiger partial charge in [0, 0.05) is 6.07 Å². The number of methoxy groups -OCH3 is 1. The minimum atomic E-state index is -0.725. The Morgan fingerprint density at radius 3 is 2.48 bits per heavy atom. The molecule has 0 fully saturated rings. The maximum atomic E-state index is 13.4. The van der Waals surface area contributed by atoms with E-state index in [4.69, 9.17) is 9.47 Å². The van der Waals surface area contributed by atoms with E-state index >= 15 is 0 Å². The van der Waals surface area contributed by atoms with Gasteiger partial charge in [-0.1, -0.05) is 12.1 Å². The zero-order chi connectivity index (χ0) is 16.7. The molecule has 1 atom stereocenters. The highest BCUT2D eigenvalue weighted by molar-refractivity contribution is 5.32. The largest absolute Gasteiger partial charge is 0.497 e. The first-order chi connectivity index (χ1) is 11.1. The van der Waals surface area contributed by atoms with Crippen LogP contribution in [0.4, 0.5) is 8.78 Å². The van der Waals surface area contributed by atoms with E-state index in [1.165, 1.54) is 6.07 Å². The lowest BCUT2D eigenvalue weighted by Crippen LogP contribution is -2.03. The van der Waals surface area contributed by atoms with Gasteiger partial charge in [-0.2, -0.15) is 5.26 Å². The Morgan fingerprint density at radius 1 is 1.13 bits per heavy atom. The van der Waals surface area contributed by atoms with E-state index in [0.717, 1.165) is 23.4 Å². The molecule has 5 heteroatoms. The summed E-state index contributed by atoms with van der Waals surface area (Å²) in [7, 11) is 1.59. The standard InChI is InChI=1S/C18H17F2NO2/c1-22-16-7-4-13(5-8-16)14(12-21)3-2-10-23-18-9-6-15(19)11-17(18)20/h4-9,11,14H,2-3,10H2,1H3. The third-order valence-corrected chi connectivity index (χ3v) is 3.46. The zero-order valence-electron chi connectivity index (χ0n) is 12.8. The summed E-state index contributed by atoms with van der Waals surface area (Å²) in [4.78, 5) is 0. The summed E-state index contributed by atoms with van der Waals surface area (Å²) in [5, 5.41) is 9.27. The van der Waals surface area contributed by atoms with Gasteiger partial charge in [-0.3, -0.25) is 0 Å². The fraction of sp³-hybridized carbons (Fsp3) is 0.278. The average molecular weight is 317 g/mol. The fourth-order valence-corrected chi connectivity index (χ4v) is 2.20. The molecule has 1 unspecified atom stereocenters. The Hall–Kier alpha value is -2.61. The number of hydrogen-bond acceptors (Lipinski definition) is 3. The summed E-state index contributed by atoms with van der Waals surface area (Å²) in [6.07, 6.45) is 1.17. The molecule has 0 N–H and O–H groups in total. The van der Waals surface area contributed by atoms with Crippen molar-refractivity contribution >= 4 is 0 Å². The zero-order valence-corrected chi connectivity index (χ0v) is 12.8. The van der Waals surface area contributed by atoms with Gasteiger partial charge in [0.05, 0.1) is 25.7 Å². The summed E-state index contributed by atoms with van der Waals surface area (Å²) in [5.41, 5.74) is 0.904. The van der Waals surface area contributed by atoms with Gasteiger partial charge in [0.15, 0.2) is 11.6 Å². The van der Waals surface area contributed by atoms with Crippen LogP contribution in [0.5, 0.6) is 11.5 Å². The molecule has 2 rings (SSSR count). The van der Waals surface area contributed by atoms with E-state index in [1.54, 1.807) is 7.11 Å². The maximum absolute atomic E-state index is 13.4. The lowest BCUT2D eigenvalue weighted by Gasteiger charge is -2.11. The van der Waals surface area contributed by atoms with Gasteiger partial charge in [0.2, 0.25) is 0 Å². The quantitative estimate of drug-likeness (QED) is 0.709. The number of rotatable bonds is 7. The first-order valence-electron chi connectivity index (χ1n) is 7.25. The third kappa shape index (κ3) is 4.68. The van der Waals surface area contributed by atoms with Crippen LogP contribution in [0.1, 0.15) is 24.3 Å². The number of halogens is 2. The Labute approximate surface area is 134 Å². The third-order valence-electron chi connectivity index (χ3n) is 3.46. The Bertz CT molecular complexity index is 680. The van der Waals surface area contributed by atoms with Crippen molar-refractivity contribution in [3.05, 3.63) is 59.7 Å². The van der Waals surface area contributed by atoms with Crippen LogP contribution in [0.3, 0.4) is 0 Å². The maximum Gasteiger partial charge on any atom is 0.167 e. The molecule has 0 aliphatic rings. The van der Waals surface area contributed by atoms with Gasteiger partial charge in [-0.25, -0.2) is 8.78 Å². The molecule has 3 nitrogen and oxygen atoms in total. The van der Waals surface area contributed by atoms with Crippen molar-refractivity contribution in [1.82, 2.24) is 0 Å². The molecule has 0 radical (unpaired) electrons. The lowest BCUT2D eigenvalue weighted by molar-refractivity contribution is 0.289. The molecule has 23 heavy (non-hydrogen) atoms. The number of benzene rings is 2. The summed E-state index contributed by atoms with van der Waals surface area (Å²) in [6.45, 7) is 0.261. The van der Waals surface area contributed by atoms with E-state index < -0.39 is 11.6 Å². The van der Waals surface area contributed by atoms with Crippen molar-refractivity contribution in [2.24, 2.45) is 0 Å². The Kier molecular flexibility index (Phi) is 5.93. The molecule has 0 heterocycles. The number of hydrogen-bond donors (Lipinski definition) is 0. The van der Waals surface area contributed by atoms with Gasteiger partial charge < -0.3 is 9.47 Å². The van der Waals surface area contributed by atoms with Gasteiger partial charge in [-0.15, -0.1) is 0 Å². The van der Waals surface area contributed by atoms with Crippen molar-refractivity contribution in [2.75, 3.05) is 13.7 Å². The second-order valence-corrected chi connectivity index (χ2v) is 5.02. The molecule has 0 aliphatic carbocycles. The normalized spacial score (nSPS) is 11.6. The number of nitriles is 1. The van der Waals surface area contributed by atoms with Crippen LogP contribution in [0.2, 0.25) is 0 Å². The molecule has 0 saturated carbocycles. The van der Waals surface area contributed by atoms with Crippen LogP contribution in [0, 0.1) is 23.0 Å². The van der Waals surface area contributed by atoms with Gasteiger partial charge in [-0.05, 0) is 42.7 Å². The molecule has 0 aromatic heterocycles. The summed E-state index contributed by atoms with van der Waals surface area (Å²) < 4.78 is 36.6. The van der Waals surface area contributed by atoms with E-state index in [0.29, 0.717) is 12.8 Å². The highest BCUT2D eigenvalue weighted by Gasteiger charge is 2.11. The SMILES string of the molecule is COc1ccc(C(C#N)CCCOc2ccc(F)cc2F)cc1. The van der Waals surface area contributed by atoms with Crippen molar-refractivity contribution < 1.29 is 18.3 Å². The smallest absolute Gasteiger partial charge is 0.167 e. The van der Waals surface area contributed by atoms with Crippen LogP contribution in [-0.2, 0) is 0 Å². The van der Waals surface area contributed by atoms with Gasteiger partial charge >= 0.3 is 0 Å². The van der Waals surface area contributed by atoms with Crippen molar-refractivity contribution in [1.29, 1.82) is 5.26 Å². The minimum Gasteiger partial charge on any atom is -0.497 e. The predicted octanol–water partition coefficient (Wildman–Crippen LogP) is 4.44. The van der Waals surface area contributed by atoms with Crippen LogP contribution in [-0.4, -0.2) is 13.7 Å². The molecule has 2 aromatic rings. The highest BCUT2D eigenvalue weighted by Crippen LogP contribution is 2.24. The molecular formula is C18H17F2NO2. The number of ether oxygens (including phenoxy) is 2. The minimum absolute atomic E-state index is 0.0179. The van der Waals surface area contributed by atoms with Crippen LogP contribution >= 0.6 is 0 Å². The summed E-state index contributed by atoms with van der Waals surface area (Å²) >= 11 is 0. The first-order valence-corrected chi connectivity index (χ1v) is 7.25. The molecule has 0 saturated heterocycles. The first kappa shape index (κ1) is 16.8. The lowest BCUT2D eigenvalue weighted by atomic mass is 9.96. The molecular weight excluding hydrogens is 300 g/mol. The van der Waals surface area contributed by atoms with Crippen molar-refractivity contribution in [2.45, 2.75) is 18.8 Å². The van der Waals surface area contributed by atoms with Gasteiger partial charge in [0.1, 0.15) is 11.6 Å². The molecule has 0 amide bonds. The average Bonchev–Trinajstić information content (AvgIpc) is 2.57. The van der Waals surface area contributed by atoms with E-state index in [1.807, 2.05) is 24.3 Å². The topological polar surface area (TPSA) is 42.2 Å². The monoisotopic (exact) mass is 317 g/mol. The van der Waals surface area contributed by atoms with E-state index in [-0.39, 0.29) is 18.3 Å². The molecule has 120 valence electrons.